The molecular weight excluding hydrogens is 394 g/mol. The lowest BCUT2D eigenvalue weighted by molar-refractivity contribution is 0.0963. The molecule has 2 aliphatic rings. The summed E-state index contributed by atoms with van der Waals surface area (Å²) in [7, 11) is 1.69. The Labute approximate surface area is 185 Å². The van der Waals surface area contributed by atoms with Gasteiger partial charge in [0, 0.05) is 32.2 Å². The third-order valence-electron chi connectivity index (χ3n) is 6.17. The zero-order valence-corrected chi connectivity index (χ0v) is 18.9. The van der Waals surface area contributed by atoms with Crippen LogP contribution < -0.4 is 15.8 Å². The smallest absolute Gasteiger partial charge is 0.409 e. The van der Waals surface area contributed by atoms with Gasteiger partial charge in [-0.15, -0.1) is 0 Å². The largest absolute Gasteiger partial charge is 0.497 e. The van der Waals surface area contributed by atoms with E-state index in [0.717, 1.165) is 57.6 Å². The van der Waals surface area contributed by atoms with E-state index < -0.39 is 0 Å². The van der Waals surface area contributed by atoms with Gasteiger partial charge in [-0.2, -0.15) is 0 Å². The van der Waals surface area contributed by atoms with Crippen molar-refractivity contribution in [3.8, 4) is 5.75 Å². The molecule has 3 N–H and O–H groups in total. The number of ether oxygens (including phenoxy) is 2. The van der Waals surface area contributed by atoms with Crippen molar-refractivity contribution in [1.29, 1.82) is 0 Å². The molecule has 0 saturated carbocycles. The number of methoxy groups -OCH3 is 1. The lowest BCUT2D eigenvalue weighted by Gasteiger charge is -2.32. The van der Waals surface area contributed by atoms with Gasteiger partial charge in [0.1, 0.15) is 5.75 Å². The Hall–Kier alpha value is -2.48. The molecule has 0 radical (unpaired) electrons. The number of carbonyl (C=O) groups is 1. The van der Waals surface area contributed by atoms with E-state index >= 15 is 0 Å². The van der Waals surface area contributed by atoms with E-state index in [-0.39, 0.29) is 12.1 Å². The van der Waals surface area contributed by atoms with Crippen LogP contribution in [0.4, 0.5) is 4.79 Å². The Bertz CT molecular complexity index is 708. The molecule has 2 aliphatic heterocycles. The molecule has 2 fully saturated rings. The van der Waals surface area contributed by atoms with Gasteiger partial charge in [-0.1, -0.05) is 12.1 Å². The molecule has 1 aromatic rings. The van der Waals surface area contributed by atoms with Crippen molar-refractivity contribution in [3.63, 3.8) is 0 Å². The zero-order chi connectivity index (χ0) is 22.1. The number of amides is 1. The third-order valence-corrected chi connectivity index (χ3v) is 6.17. The minimum Gasteiger partial charge on any atom is -0.497 e. The van der Waals surface area contributed by atoms with Crippen molar-refractivity contribution >= 4 is 12.1 Å². The van der Waals surface area contributed by atoms with Crippen molar-refractivity contribution in [2.24, 2.45) is 16.6 Å². The summed E-state index contributed by atoms with van der Waals surface area (Å²) < 4.78 is 10.3. The van der Waals surface area contributed by atoms with Crippen LogP contribution in [0, 0.1) is 5.92 Å². The van der Waals surface area contributed by atoms with E-state index in [0.29, 0.717) is 31.6 Å². The first-order valence-electron chi connectivity index (χ1n) is 11.4. The molecule has 172 valence electrons. The average molecular weight is 432 g/mol. The topological polar surface area (TPSA) is 92.4 Å². The minimum absolute atomic E-state index is 0.221. The predicted octanol–water partition coefficient (Wildman–Crippen LogP) is 2.43. The van der Waals surface area contributed by atoms with Crippen molar-refractivity contribution in [1.82, 2.24) is 15.1 Å². The first-order valence-corrected chi connectivity index (χ1v) is 11.4. The zero-order valence-electron chi connectivity index (χ0n) is 18.9. The summed E-state index contributed by atoms with van der Waals surface area (Å²) in [5.41, 5.74) is 7.45. The van der Waals surface area contributed by atoms with Crippen molar-refractivity contribution in [3.05, 3.63) is 29.8 Å². The second-order valence-electron chi connectivity index (χ2n) is 8.40. The van der Waals surface area contributed by atoms with Gasteiger partial charge in [0.05, 0.1) is 13.7 Å². The second-order valence-corrected chi connectivity index (χ2v) is 8.40. The maximum atomic E-state index is 11.8. The van der Waals surface area contributed by atoms with E-state index in [1.54, 1.807) is 12.0 Å². The van der Waals surface area contributed by atoms with Gasteiger partial charge in [-0.3, -0.25) is 9.89 Å². The van der Waals surface area contributed by atoms with Crippen molar-refractivity contribution in [2.75, 3.05) is 46.4 Å². The first kappa shape index (κ1) is 23.2. The molecule has 8 heteroatoms. The van der Waals surface area contributed by atoms with E-state index in [2.05, 4.69) is 27.3 Å². The Kier molecular flexibility index (Phi) is 8.82. The number of carbonyl (C=O) groups excluding carboxylic acids is 1. The van der Waals surface area contributed by atoms with Crippen LogP contribution in [0.15, 0.2) is 29.3 Å². The van der Waals surface area contributed by atoms with Gasteiger partial charge in [0.2, 0.25) is 0 Å². The fraction of sp³-hybridized carbons (Fsp3) is 0.652. The average Bonchev–Trinajstić information content (AvgIpc) is 2.80. The predicted molar refractivity (Wildman–Crippen MR) is 122 cm³/mol. The third kappa shape index (κ3) is 7.31. The molecule has 0 bridgehead atoms. The van der Waals surface area contributed by atoms with Gasteiger partial charge in [-0.25, -0.2) is 4.79 Å². The van der Waals surface area contributed by atoms with Gasteiger partial charge in [0.25, 0.3) is 0 Å². The number of aliphatic imine (C=N–C) groups is 1. The lowest BCUT2D eigenvalue weighted by Crippen LogP contribution is -2.48. The number of piperidine rings is 2. The number of hydrogen-bond donors (Lipinski definition) is 2. The highest BCUT2D eigenvalue weighted by molar-refractivity contribution is 5.78. The Morgan fingerprint density at radius 1 is 1.13 bits per heavy atom. The minimum atomic E-state index is -0.221. The first-order chi connectivity index (χ1) is 15.1. The molecule has 0 atom stereocenters. The molecule has 3 rings (SSSR count). The van der Waals surface area contributed by atoms with Crippen LogP contribution in [-0.2, 0) is 11.3 Å². The van der Waals surface area contributed by atoms with Crippen molar-refractivity contribution in [2.45, 2.75) is 45.2 Å². The molecule has 31 heavy (non-hydrogen) atoms. The molecular formula is C23H37N5O3. The maximum Gasteiger partial charge on any atom is 0.409 e. The van der Waals surface area contributed by atoms with E-state index in [1.807, 2.05) is 19.1 Å². The number of hydrogen-bond acceptors (Lipinski definition) is 5. The highest BCUT2D eigenvalue weighted by Gasteiger charge is 2.24. The van der Waals surface area contributed by atoms with Crippen LogP contribution in [-0.4, -0.2) is 74.3 Å². The molecule has 1 aromatic carbocycles. The molecule has 0 aromatic heterocycles. The summed E-state index contributed by atoms with van der Waals surface area (Å²) in [5.74, 6) is 2.00. The molecule has 0 spiro atoms. The number of guanidine groups is 1. The molecule has 0 aliphatic carbocycles. The lowest BCUT2D eigenvalue weighted by atomic mass is 9.96. The number of nitrogens with two attached hydrogens (primary N) is 1. The van der Waals surface area contributed by atoms with Gasteiger partial charge < -0.3 is 25.4 Å². The standard InChI is InChI=1S/C23H37N5O3/c1-3-31-23(29)28-14-10-20(11-15-28)26-22(24)25-16-18-8-12-27(13-9-18)17-19-4-6-21(30-2)7-5-19/h4-7,18,20H,3,8-17H2,1-2H3,(H3,24,25,26). The van der Waals surface area contributed by atoms with E-state index in [4.69, 9.17) is 15.2 Å². The fourth-order valence-corrected chi connectivity index (χ4v) is 4.22. The van der Waals surface area contributed by atoms with E-state index in [1.165, 1.54) is 5.56 Å². The van der Waals surface area contributed by atoms with Crippen LogP contribution >= 0.6 is 0 Å². The summed E-state index contributed by atoms with van der Waals surface area (Å²) in [6, 6.07) is 8.58. The van der Waals surface area contributed by atoms with Gasteiger partial charge in [0.15, 0.2) is 5.96 Å². The molecule has 8 nitrogen and oxygen atoms in total. The summed E-state index contributed by atoms with van der Waals surface area (Å²) >= 11 is 0. The van der Waals surface area contributed by atoms with Crippen LogP contribution in [0.2, 0.25) is 0 Å². The number of nitrogens with zero attached hydrogens (tertiary/aromatic N) is 3. The Balaban J connectivity index is 1.33. The summed E-state index contributed by atoms with van der Waals surface area (Å²) in [6.07, 6.45) is 3.79. The quantitative estimate of drug-likeness (QED) is 0.509. The summed E-state index contributed by atoms with van der Waals surface area (Å²) in [6.45, 7) is 7.56. The fourth-order valence-electron chi connectivity index (χ4n) is 4.22. The maximum absolute atomic E-state index is 11.8. The van der Waals surface area contributed by atoms with Crippen molar-refractivity contribution < 1.29 is 14.3 Å². The Morgan fingerprint density at radius 2 is 1.81 bits per heavy atom. The van der Waals surface area contributed by atoms with Crippen LogP contribution in [0.25, 0.3) is 0 Å². The molecule has 1 amide bonds. The number of likely N-dealkylation sites (tertiary alicyclic amines) is 2. The molecule has 0 unspecified atom stereocenters. The normalized spacial score (nSPS) is 19.3. The van der Waals surface area contributed by atoms with Gasteiger partial charge in [-0.05, 0) is 69.3 Å². The van der Waals surface area contributed by atoms with Gasteiger partial charge >= 0.3 is 6.09 Å². The van der Waals surface area contributed by atoms with E-state index in [9.17, 15) is 4.79 Å². The molecule has 2 saturated heterocycles. The number of nitrogens with one attached hydrogen (secondary N) is 1. The monoisotopic (exact) mass is 431 g/mol. The SMILES string of the molecule is CCOC(=O)N1CCC(NC(N)=NCC2CCN(Cc3ccc(OC)cc3)CC2)CC1. The molecule has 2 heterocycles. The van der Waals surface area contributed by atoms with Crippen LogP contribution in [0.1, 0.15) is 38.2 Å². The highest BCUT2D eigenvalue weighted by Crippen LogP contribution is 2.20. The second kappa shape index (κ2) is 11.8. The number of rotatable bonds is 7. The van der Waals surface area contributed by atoms with Crippen LogP contribution in [0.5, 0.6) is 5.75 Å². The number of benzene rings is 1. The highest BCUT2D eigenvalue weighted by atomic mass is 16.6. The summed E-state index contributed by atoms with van der Waals surface area (Å²) in [5, 5.41) is 3.33. The summed E-state index contributed by atoms with van der Waals surface area (Å²) in [4.78, 5) is 20.6. The Morgan fingerprint density at radius 3 is 2.42 bits per heavy atom. The van der Waals surface area contributed by atoms with Crippen LogP contribution in [0.3, 0.4) is 0 Å².